The maximum absolute atomic E-state index is 12.8. The van der Waals surface area contributed by atoms with Gasteiger partial charge in [0.25, 0.3) is 0 Å². The minimum atomic E-state index is -0.686. The van der Waals surface area contributed by atoms with Gasteiger partial charge in [0.1, 0.15) is 11.6 Å². The molecule has 1 aromatic rings. The number of benzene rings is 1. The van der Waals surface area contributed by atoms with Crippen molar-refractivity contribution >= 4 is 17.5 Å². The van der Waals surface area contributed by atoms with E-state index in [0.29, 0.717) is 6.42 Å². The molecule has 1 rings (SSSR count). The predicted octanol–water partition coefficient (Wildman–Crippen LogP) is 2.89. The van der Waals surface area contributed by atoms with E-state index in [1.54, 1.807) is 0 Å². The Morgan fingerprint density at radius 1 is 1.08 bits per heavy atom. The maximum Gasteiger partial charge on any atom is 0.234 e. The predicted molar refractivity (Wildman–Crippen MR) is 94.1 cm³/mol. The quantitative estimate of drug-likeness (QED) is 0.282. The molecular formula is C19H28N2O3. The van der Waals surface area contributed by atoms with E-state index in [1.165, 1.54) is 6.92 Å². The largest absolute Gasteiger partial charge is 0.300 e. The lowest BCUT2D eigenvalue weighted by atomic mass is 9.77. The summed E-state index contributed by atoms with van der Waals surface area (Å²) in [6, 6.07) is 9.22. The van der Waals surface area contributed by atoms with Gasteiger partial charge in [0.15, 0.2) is 0 Å². The molecule has 0 bridgehead atoms. The van der Waals surface area contributed by atoms with Crippen molar-refractivity contribution in [2.24, 2.45) is 11.8 Å². The molecular weight excluding hydrogens is 304 g/mol. The lowest BCUT2D eigenvalue weighted by Gasteiger charge is -2.24. The summed E-state index contributed by atoms with van der Waals surface area (Å²) in [5.41, 5.74) is 2.83. The topological polar surface area (TPSA) is 89.3 Å². The van der Waals surface area contributed by atoms with Gasteiger partial charge in [-0.25, -0.2) is 5.84 Å². The molecule has 0 heterocycles. The minimum Gasteiger partial charge on any atom is -0.300 e. The Balaban J connectivity index is 3.00. The van der Waals surface area contributed by atoms with E-state index in [0.717, 1.165) is 31.2 Å². The Labute approximate surface area is 144 Å². The van der Waals surface area contributed by atoms with Gasteiger partial charge in [-0.2, -0.15) is 0 Å². The molecule has 0 spiro atoms. The molecule has 0 radical (unpaired) electrons. The zero-order valence-electron chi connectivity index (χ0n) is 14.6. The van der Waals surface area contributed by atoms with Gasteiger partial charge >= 0.3 is 0 Å². The third kappa shape index (κ3) is 6.24. The Bertz CT molecular complexity index is 543. The van der Waals surface area contributed by atoms with Crippen molar-refractivity contribution in [1.29, 1.82) is 0 Å². The van der Waals surface area contributed by atoms with Crippen LogP contribution in [-0.2, 0) is 14.4 Å². The molecule has 0 saturated heterocycles. The van der Waals surface area contributed by atoms with E-state index < -0.39 is 17.7 Å². The summed E-state index contributed by atoms with van der Waals surface area (Å²) in [7, 11) is 0. The smallest absolute Gasteiger partial charge is 0.234 e. The number of nitrogens with one attached hydrogen (secondary N) is 1. The van der Waals surface area contributed by atoms with Crippen molar-refractivity contribution < 1.29 is 14.4 Å². The standard InChI is InChI=1S/C19H28N2O3/c1-3-4-5-9-12-17(23)19(15-10-7-6-8-11-15)16(14(2)22)13-18(24)21-20/h6-8,10-11,16,19H,3-5,9,12-13,20H2,1-2H3,(H,21,24). The van der Waals surface area contributed by atoms with E-state index in [9.17, 15) is 14.4 Å². The van der Waals surface area contributed by atoms with Crippen molar-refractivity contribution in [2.45, 2.75) is 58.3 Å². The second-order valence-corrected chi connectivity index (χ2v) is 6.15. The van der Waals surface area contributed by atoms with E-state index in [1.807, 2.05) is 30.3 Å². The third-order valence-electron chi connectivity index (χ3n) is 4.27. The summed E-state index contributed by atoms with van der Waals surface area (Å²) in [5, 5.41) is 0. The lowest BCUT2D eigenvalue weighted by molar-refractivity contribution is -0.132. The lowest BCUT2D eigenvalue weighted by Crippen LogP contribution is -2.36. The molecule has 0 aromatic heterocycles. The average molecular weight is 332 g/mol. The molecule has 0 aliphatic carbocycles. The summed E-state index contributed by atoms with van der Waals surface area (Å²) < 4.78 is 0. The van der Waals surface area contributed by atoms with Crippen LogP contribution in [0, 0.1) is 5.92 Å². The van der Waals surface area contributed by atoms with Crippen LogP contribution in [0.3, 0.4) is 0 Å². The summed E-state index contributed by atoms with van der Waals surface area (Å²) in [6.07, 6.45) is 4.35. The molecule has 132 valence electrons. The van der Waals surface area contributed by atoms with E-state index in [-0.39, 0.29) is 18.0 Å². The number of ketones is 2. The highest BCUT2D eigenvalue weighted by atomic mass is 16.2. The SMILES string of the molecule is CCCCCCC(=O)C(c1ccccc1)C(CC(=O)NN)C(C)=O. The highest BCUT2D eigenvalue weighted by molar-refractivity contribution is 5.95. The van der Waals surface area contributed by atoms with Crippen LogP contribution in [0.25, 0.3) is 0 Å². The highest BCUT2D eigenvalue weighted by Gasteiger charge is 2.33. The van der Waals surface area contributed by atoms with Gasteiger partial charge in [-0.05, 0) is 18.9 Å². The molecule has 0 saturated carbocycles. The Morgan fingerprint density at radius 2 is 1.75 bits per heavy atom. The van der Waals surface area contributed by atoms with Crippen molar-refractivity contribution in [3.8, 4) is 0 Å². The van der Waals surface area contributed by atoms with Crippen LogP contribution >= 0.6 is 0 Å². The molecule has 0 aliphatic heterocycles. The molecule has 3 N–H and O–H groups in total. The fourth-order valence-corrected chi connectivity index (χ4v) is 2.94. The molecule has 0 aliphatic rings. The molecule has 1 aromatic carbocycles. The normalized spacial score (nSPS) is 13.1. The fourth-order valence-electron chi connectivity index (χ4n) is 2.94. The molecule has 5 heteroatoms. The second-order valence-electron chi connectivity index (χ2n) is 6.15. The Morgan fingerprint density at radius 3 is 2.29 bits per heavy atom. The summed E-state index contributed by atoms with van der Waals surface area (Å²) >= 11 is 0. The second kappa shape index (κ2) is 10.7. The van der Waals surface area contributed by atoms with Gasteiger partial charge in [0.2, 0.25) is 5.91 Å². The molecule has 24 heavy (non-hydrogen) atoms. The molecule has 0 fully saturated rings. The van der Waals surface area contributed by atoms with Gasteiger partial charge in [-0.1, -0.05) is 56.5 Å². The van der Waals surface area contributed by atoms with Gasteiger partial charge in [0, 0.05) is 18.8 Å². The number of unbranched alkanes of at least 4 members (excludes halogenated alkanes) is 3. The summed E-state index contributed by atoms with van der Waals surface area (Å²) in [4.78, 5) is 36.6. The first kappa shape index (κ1) is 20.0. The zero-order valence-corrected chi connectivity index (χ0v) is 14.6. The number of amides is 1. The van der Waals surface area contributed by atoms with E-state index in [4.69, 9.17) is 5.84 Å². The van der Waals surface area contributed by atoms with Crippen molar-refractivity contribution in [1.82, 2.24) is 5.43 Å². The number of hydrogen-bond donors (Lipinski definition) is 2. The monoisotopic (exact) mass is 332 g/mol. The number of hydrogen-bond acceptors (Lipinski definition) is 4. The van der Waals surface area contributed by atoms with Gasteiger partial charge < -0.3 is 0 Å². The highest BCUT2D eigenvalue weighted by Crippen LogP contribution is 2.31. The van der Waals surface area contributed by atoms with Gasteiger partial charge in [0.05, 0.1) is 5.92 Å². The fraction of sp³-hybridized carbons (Fsp3) is 0.526. The van der Waals surface area contributed by atoms with Crippen LogP contribution in [0.4, 0.5) is 0 Å². The number of hydrazine groups is 1. The summed E-state index contributed by atoms with van der Waals surface area (Å²) in [5.74, 6) is 3.28. The molecule has 2 atom stereocenters. The average Bonchev–Trinajstić information content (AvgIpc) is 2.58. The van der Waals surface area contributed by atoms with Gasteiger partial charge in [-0.3, -0.25) is 19.8 Å². The van der Waals surface area contributed by atoms with Crippen molar-refractivity contribution in [3.05, 3.63) is 35.9 Å². The molecule has 5 nitrogen and oxygen atoms in total. The van der Waals surface area contributed by atoms with Crippen LogP contribution in [0.1, 0.15) is 63.9 Å². The maximum atomic E-state index is 12.8. The van der Waals surface area contributed by atoms with Crippen LogP contribution in [0.15, 0.2) is 30.3 Å². The van der Waals surface area contributed by atoms with Crippen LogP contribution in [-0.4, -0.2) is 17.5 Å². The van der Waals surface area contributed by atoms with Crippen LogP contribution in [0.2, 0.25) is 0 Å². The Hall–Kier alpha value is -2.01. The van der Waals surface area contributed by atoms with Crippen molar-refractivity contribution in [3.63, 3.8) is 0 Å². The molecule has 2 unspecified atom stereocenters. The van der Waals surface area contributed by atoms with Crippen molar-refractivity contribution in [2.75, 3.05) is 0 Å². The first-order chi connectivity index (χ1) is 11.5. The Kier molecular flexibility index (Phi) is 8.94. The zero-order chi connectivity index (χ0) is 17.9. The number of carbonyl (C=O) groups excluding carboxylic acids is 3. The number of rotatable bonds is 11. The molecule has 1 amide bonds. The number of Topliss-reactive ketones (excluding diaryl/α,β-unsaturated/α-hetero) is 2. The van der Waals surface area contributed by atoms with E-state index in [2.05, 4.69) is 12.3 Å². The minimum absolute atomic E-state index is 0.0160. The van der Waals surface area contributed by atoms with E-state index >= 15 is 0 Å². The van der Waals surface area contributed by atoms with Crippen LogP contribution in [0.5, 0.6) is 0 Å². The third-order valence-corrected chi connectivity index (χ3v) is 4.27. The first-order valence-electron chi connectivity index (χ1n) is 8.58. The first-order valence-corrected chi connectivity index (χ1v) is 8.58. The number of carbonyl (C=O) groups is 3. The van der Waals surface area contributed by atoms with Gasteiger partial charge in [-0.15, -0.1) is 0 Å². The number of nitrogens with two attached hydrogens (primary N) is 1. The summed E-state index contributed by atoms with van der Waals surface area (Å²) in [6.45, 7) is 3.54. The van der Waals surface area contributed by atoms with Crippen LogP contribution < -0.4 is 11.3 Å².